The van der Waals surface area contributed by atoms with Gasteiger partial charge in [0.25, 0.3) is 0 Å². The molecular weight excluding hydrogens is 287 g/mol. The van der Waals surface area contributed by atoms with Crippen LogP contribution in [0.15, 0.2) is 48.5 Å². The predicted octanol–water partition coefficient (Wildman–Crippen LogP) is 4.38. The number of aromatic nitrogens is 1. The summed E-state index contributed by atoms with van der Waals surface area (Å²) >= 11 is 0. The molecule has 0 radical (unpaired) electrons. The number of nitro groups is 1. The number of ether oxygens (including phenoxy) is 1. The van der Waals surface area contributed by atoms with Crippen molar-refractivity contribution in [1.82, 2.24) is 4.98 Å². The van der Waals surface area contributed by atoms with Gasteiger partial charge in [-0.1, -0.05) is 24.3 Å². The summed E-state index contributed by atoms with van der Waals surface area (Å²) in [5.41, 5.74) is 0.674. The fourth-order valence-electron chi connectivity index (χ4n) is 2.17. The standard InChI is InChI=1S/C16H11FN2O3/c1-10-15(9-11-5-2-3-7-13(11)18-10)22-14-8-4-6-12(17)16(14)19(20)21/h2-9H,1H3. The van der Waals surface area contributed by atoms with Crippen LogP contribution < -0.4 is 4.74 Å². The van der Waals surface area contributed by atoms with Crippen LogP contribution in [0.3, 0.4) is 0 Å². The van der Waals surface area contributed by atoms with E-state index < -0.39 is 16.4 Å². The van der Waals surface area contributed by atoms with E-state index in [1.54, 1.807) is 13.0 Å². The first kappa shape index (κ1) is 13.9. The van der Waals surface area contributed by atoms with Gasteiger partial charge in [-0.15, -0.1) is 0 Å². The molecule has 3 rings (SSSR count). The Kier molecular flexibility index (Phi) is 3.42. The number of aryl methyl sites for hydroxylation is 1. The smallest absolute Gasteiger partial charge is 0.346 e. The number of fused-ring (bicyclic) bond motifs is 1. The molecule has 2 aromatic carbocycles. The van der Waals surface area contributed by atoms with Gasteiger partial charge in [-0.3, -0.25) is 10.1 Å². The molecule has 0 spiro atoms. The number of hydrogen-bond acceptors (Lipinski definition) is 4. The van der Waals surface area contributed by atoms with Crippen LogP contribution in [0.5, 0.6) is 11.5 Å². The van der Waals surface area contributed by atoms with Gasteiger partial charge >= 0.3 is 5.69 Å². The van der Waals surface area contributed by atoms with Gasteiger partial charge < -0.3 is 4.74 Å². The minimum atomic E-state index is -0.936. The lowest BCUT2D eigenvalue weighted by atomic mass is 10.2. The second-order valence-electron chi connectivity index (χ2n) is 4.71. The largest absolute Gasteiger partial charge is 0.448 e. The molecule has 110 valence electrons. The lowest BCUT2D eigenvalue weighted by Gasteiger charge is -2.10. The van der Waals surface area contributed by atoms with Crippen molar-refractivity contribution in [3.63, 3.8) is 0 Å². The lowest BCUT2D eigenvalue weighted by molar-refractivity contribution is -0.388. The normalized spacial score (nSPS) is 10.6. The summed E-state index contributed by atoms with van der Waals surface area (Å²) in [5, 5.41) is 11.8. The van der Waals surface area contributed by atoms with Gasteiger partial charge in [-0.05, 0) is 31.2 Å². The highest BCUT2D eigenvalue weighted by atomic mass is 19.1. The number of para-hydroxylation sites is 2. The zero-order valence-corrected chi connectivity index (χ0v) is 11.6. The molecule has 0 aliphatic carbocycles. The number of benzene rings is 2. The molecule has 1 aromatic heterocycles. The summed E-state index contributed by atoms with van der Waals surface area (Å²) in [6.07, 6.45) is 0. The van der Waals surface area contributed by atoms with Crippen molar-refractivity contribution in [3.05, 3.63) is 70.2 Å². The molecule has 0 saturated carbocycles. The van der Waals surface area contributed by atoms with Crippen LogP contribution in [0.4, 0.5) is 10.1 Å². The third-order valence-electron chi connectivity index (χ3n) is 3.22. The van der Waals surface area contributed by atoms with Crippen LogP contribution in [0, 0.1) is 22.9 Å². The lowest BCUT2D eigenvalue weighted by Crippen LogP contribution is -1.98. The van der Waals surface area contributed by atoms with E-state index in [2.05, 4.69) is 4.98 Å². The van der Waals surface area contributed by atoms with Gasteiger partial charge in [-0.25, -0.2) is 4.98 Å². The number of pyridine rings is 1. The molecule has 0 saturated heterocycles. The highest BCUT2D eigenvalue weighted by Crippen LogP contribution is 2.35. The van der Waals surface area contributed by atoms with Crippen molar-refractivity contribution < 1.29 is 14.1 Å². The zero-order valence-electron chi connectivity index (χ0n) is 11.6. The highest BCUT2D eigenvalue weighted by molar-refractivity contribution is 5.80. The minimum Gasteiger partial charge on any atom is -0.448 e. The molecule has 22 heavy (non-hydrogen) atoms. The third kappa shape index (κ3) is 2.46. The van der Waals surface area contributed by atoms with Crippen LogP contribution in [0.1, 0.15) is 5.69 Å². The van der Waals surface area contributed by atoms with E-state index in [-0.39, 0.29) is 5.75 Å². The van der Waals surface area contributed by atoms with Gasteiger partial charge in [0.15, 0.2) is 0 Å². The Bertz CT molecular complexity index is 880. The van der Waals surface area contributed by atoms with Crippen LogP contribution in [-0.4, -0.2) is 9.91 Å². The number of nitro benzene ring substituents is 1. The van der Waals surface area contributed by atoms with E-state index in [0.717, 1.165) is 17.0 Å². The number of nitrogens with zero attached hydrogens (tertiary/aromatic N) is 2. The predicted molar refractivity (Wildman–Crippen MR) is 79.6 cm³/mol. The Morgan fingerprint density at radius 2 is 1.91 bits per heavy atom. The van der Waals surface area contributed by atoms with Crippen molar-refractivity contribution in [2.45, 2.75) is 6.92 Å². The first-order valence-electron chi connectivity index (χ1n) is 6.53. The molecule has 0 fully saturated rings. The van der Waals surface area contributed by atoms with Crippen molar-refractivity contribution in [2.75, 3.05) is 0 Å². The molecule has 0 atom stereocenters. The molecule has 0 aliphatic rings. The van der Waals surface area contributed by atoms with Gasteiger partial charge in [0.05, 0.1) is 16.1 Å². The molecule has 5 nitrogen and oxygen atoms in total. The third-order valence-corrected chi connectivity index (χ3v) is 3.22. The monoisotopic (exact) mass is 298 g/mol. The van der Waals surface area contributed by atoms with Gasteiger partial charge in [0, 0.05) is 5.39 Å². The summed E-state index contributed by atoms with van der Waals surface area (Å²) in [6, 6.07) is 12.9. The Labute approximate surface area is 125 Å². The van der Waals surface area contributed by atoms with Gasteiger partial charge in [0.2, 0.25) is 11.6 Å². The second kappa shape index (κ2) is 5.40. The number of hydrogen-bond donors (Lipinski definition) is 0. The first-order valence-corrected chi connectivity index (χ1v) is 6.53. The molecule has 0 amide bonds. The Morgan fingerprint density at radius 1 is 1.14 bits per heavy atom. The van der Waals surface area contributed by atoms with Gasteiger partial charge in [-0.2, -0.15) is 4.39 Å². The summed E-state index contributed by atoms with van der Waals surface area (Å²) < 4.78 is 19.2. The highest BCUT2D eigenvalue weighted by Gasteiger charge is 2.22. The average Bonchev–Trinajstić information content (AvgIpc) is 2.47. The van der Waals surface area contributed by atoms with Crippen LogP contribution in [0.25, 0.3) is 10.9 Å². The van der Waals surface area contributed by atoms with Crippen molar-refractivity contribution in [1.29, 1.82) is 0 Å². The molecule has 3 aromatic rings. The fourth-order valence-corrected chi connectivity index (χ4v) is 2.17. The Balaban J connectivity index is 2.09. The molecule has 0 aliphatic heterocycles. The van der Waals surface area contributed by atoms with Crippen LogP contribution in [-0.2, 0) is 0 Å². The summed E-state index contributed by atoms with van der Waals surface area (Å²) in [4.78, 5) is 14.6. The quantitative estimate of drug-likeness (QED) is 0.531. The van der Waals surface area contributed by atoms with Crippen molar-refractivity contribution >= 4 is 16.6 Å². The minimum absolute atomic E-state index is 0.148. The van der Waals surface area contributed by atoms with E-state index in [4.69, 9.17) is 4.74 Å². The number of rotatable bonds is 3. The summed E-state index contributed by atoms with van der Waals surface area (Å²) in [6.45, 7) is 1.73. The fraction of sp³-hybridized carbons (Fsp3) is 0.0625. The van der Waals surface area contributed by atoms with Gasteiger partial charge in [0.1, 0.15) is 5.75 Å². The maximum Gasteiger partial charge on any atom is 0.346 e. The van der Waals surface area contributed by atoms with Crippen molar-refractivity contribution in [2.24, 2.45) is 0 Å². The molecule has 6 heteroatoms. The topological polar surface area (TPSA) is 65.3 Å². The van der Waals surface area contributed by atoms with Crippen molar-refractivity contribution in [3.8, 4) is 11.5 Å². The maximum absolute atomic E-state index is 13.6. The number of halogens is 1. The molecule has 1 heterocycles. The zero-order chi connectivity index (χ0) is 15.7. The average molecular weight is 298 g/mol. The van der Waals surface area contributed by atoms with E-state index >= 15 is 0 Å². The Morgan fingerprint density at radius 3 is 2.68 bits per heavy atom. The summed E-state index contributed by atoms with van der Waals surface area (Å²) in [7, 11) is 0. The van der Waals surface area contributed by atoms with Crippen LogP contribution >= 0.6 is 0 Å². The SMILES string of the molecule is Cc1nc2ccccc2cc1Oc1cccc(F)c1[N+](=O)[O-]. The van der Waals surface area contributed by atoms with E-state index in [0.29, 0.717) is 11.4 Å². The summed E-state index contributed by atoms with van der Waals surface area (Å²) in [5.74, 6) is -0.730. The Hall–Kier alpha value is -3.02. The molecular formula is C16H11FN2O3. The van der Waals surface area contributed by atoms with E-state index in [1.165, 1.54) is 12.1 Å². The molecule has 0 N–H and O–H groups in total. The molecule has 0 bridgehead atoms. The molecule has 0 unspecified atom stereocenters. The van der Waals surface area contributed by atoms with Crippen LogP contribution in [0.2, 0.25) is 0 Å². The van der Waals surface area contributed by atoms with E-state index in [9.17, 15) is 14.5 Å². The first-order chi connectivity index (χ1) is 10.6. The maximum atomic E-state index is 13.6. The second-order valence-corrected chi connectivity index (χ2v) is 4.71. The van der Waals surface area contributed by atoms with E-state index in [1.807, 2.05) is 24.3 Å².